The highest BCUT2D eigenvalue weighted by Crippen LogP contribution is 2.12. The zero-order valence-electron chi connectivity index (χ0n) is 14.5. The van der Waals surface area contributed by atoms with Crippen LogP contribution in [0.5, 0.6) is 0 Å². The summed E-state index contributed by atoms with van der Waals surface area (Å²) >= 11 is 0. The van der Waals surface area contributed by atoms with Gasteiger partial charge in [-0.15, -0.1) is 24.0 Å². The number of piperidine rings is 1. The van der Waals surface area contributed by atoms with Gasteiger partial charge in [0, 0.05) is 32.2 Å². The standard InChI is InChI=1S/C16H29N5O.HI/c1-13-15(14(2)22-20-13)7-8-18-16(17-3)19-9-12-21-10-5-4-6-11-21;/h4-12H2,1-3H3,(H2,17,18,19);1H. The molecule has 0 aliphatic carbocycles. The molecule has 0 spiro atoms. The smallest absolute Gasteiger partial charge is 0.191 e. The summed E-state index contributed by atoms with van der Waals surface area (Å²) < 4.78 is 5.18. The van der Waals surface area contributed by atoms with E-state index >= 15 is 0 Å². The van der Waals surface area contributed by atoms with Gasteiger partial charge >= 0.3 is 0 Å². The topological polar surface area (TPSA) is 65.7 Å². The van der Waals surface area contributed by atoms with E-state index in [-0.39, 0.29) is 24.0 Å². The highest BCUT2D eigenvalue weighted by molar-refractivity contribution is 14.0. The molecule has 0 saturated carbocycles. The second-order valence-corrected chi connectivity index (χ2v) is 5.88. The molecule has 23 heavy (non-hydrogen) atoms. The van der Waals surface area contributed by atoms with Gasteiger partial charge in [0.05, 0.1) is 5.69 Å². The Morgan fingerprint density at radius 3 is 2.48 bits per heavy atom. The predicted octanol–water partition coefficient (Wildman–Crippen LogP) is 2.10. The number of hydrogen-bond donors (Lipinski definition) is 2. The van der Waals surface area contributed by atoms with Crippen molar-refractivity contribution in [2.75, 3.05) is 39.8 Å². The van der Waals surface area contributed by atoms with Crippen LogP contribution in [0.15, 0.2) is 9.52 Å². The van der Waals surface area contributed by atoms with Gasteiger partial charge in [-0.25, -0.2) is 0 Å². The number of aromatic nitrogens is 1. The molecule has 1 aromatic rings. The molecule has 1 aliphatic heterocycles. The number of halogens is 1. The number of aliphatic imine (C=N–C) groups is 1. The Morgan fingerprint density at radius 2 is 1.87 bits per heavy atom. The summed E-state index contributed by atoms with van der Waals surface area (Å²) in [4.78, 5) is 6.79. The fourth-order valence-corrected chi connectivity index (χ4v) is 2.90. The molecular formula is C16H30IN5O. The molecule has 0 bridgehead atoms. The summed E-state index contributed by atoms with van der Waals surface area (Å²) in [6, 6.07) is 0. The zero-order chi connectivity index (χ0) is 15.8. The molecule has 2 rings (SSSR count). The summed E-state index contributed by atoms with van der Waals surface area (Å²) in [5, 5.41) is 10.7. The second-order valence-electron chi connectivity index (χ2n) is 5.88. The second kappa shape index (κ2) is 10.9. The van der Waals surface area contributed by atoms with Gasteiger partial charge in [-0.1, -0.05) is 11.6 Å². The number of nitrogens with zero attached hydrogens (tertiary/aromatic N) is 3. The van der Waals surface area contributed by atoms with Gasteiger partial charge < -0.3 is 20.1 Å². The molecule has 1 saturated heterocycles. The third-order valence-corrected chi connectivity index (χ3v) is 4.24. The van der Waals surface area contributed by atoms with Crippen molar-refractivity contribution in [2.24, 2.45) is 4.99 Å². The van der Waals surface area contributed by atoms with E-state index in [1.807, 2.05) is 20.9 Å². The first-order valence-corrected chi connectivity index (χ1v) is 8.29. The molecule has 1 aliphatic rings. The van der Waals surface area contributed by atoms with Gasteiger partial charge in [0.1, 0.15) is 5.76 Å². The number of rotatable bonds is 6. The van der Waals surface area contributed by atoms with Crippen LogP contribution < -0.4 is 10.6 Å². The Labute approximate surface area is 156 Å². The molecule has 0 unspecified atom stereocenters. The number of nitrogens with one attached hydrogen (secondary N) is 2. The largest absolute Gasteiger partial charge is 0.361 e. The molecule has 132 valence electrons. The van der Waals surface area contributed by atoms with Crippen LogP contribution in [0.2, 0.25) is 0 Å². The first kappa shape index (κ1) is 20.2. The van der Waals surface area contributed by atoms with Crippen molar-refractivity contribution in [2.45, 2.75) is 39.5 Å². The van der Waals surface area contributed by atoms with E-state index in [1.54, 1.807) is 0 Å². The van der Waals surface area contributed by atoms with Gasteiger partial charge in [0.15, 0.2) is 5.96 Å². The minimum absolute atomic E-state index is 0. The van der Waals surface area contributed by atoms with Crippen LogP contribution in [0.3, 0.4) is 0 Å². The molecule has 1 fully saturated rings. The molecule has 1 aromatic heterocycles. The molecule has 7 heteroatoms. The van der Waals surface area contributed by atoms with Gasteiger partial charge in [-0.3, -0.25) is 4.99 Å². The lowest BCUT2D eigenvalue weighted by Crippen LogP contribution is -2.43. The fourth-order valence-electron chi connectivity index (χ4n) is 2.90. The summed E-state index contributed by atoms with van der Waals surface area (Å²) in [5.74, 6) is 1.77. The average molecular weight is 435 g/mol. The highest BCUT2D eigenvalue weighted by Gasteiger charge is 2.10. The molecule has 2 heterocycles. The van der Waals surface area contributed by atoms with Crippen LogP contribution in [-0.4, -0.2) is 55.8 Å². The minimum atomic E-state index is 0. The van der Waals surface area contributed by atoms with Gasteiger partial charge in [0.25, 0.3) is 0 Å². The molecular weight excluding hydrogens is 405 g/mol. The SMILES string of the molecule is CN=C(NCCc1c(C)noc1C)NCCN1CCCCC1.I. The predicted molar refractivity (Wildman–Crippen MR) is 105 cm³/mol. The molecule has 0 radical (unpaired) electrons. The van der Waals surface area contributed by atoms with Crippen LogP contribution in [0.4, 0.5) is 0 Å². The minimum Gasteiger partial charge on any atom is -0.361 e. The van der Waals surface area contributed by atoms with Gasteiger partial charge in [-0.2, -0.15) is 0 Å². The fraction of sp³-hybridized carbons (Fsp3) is 0.750. The van der Waals surface area contributed by atoms with E-state index in [9.17, 15) is 0 Å². The Hall–Kier alpha value is -0.830. The van der Waals surface area contributed by atoms with E-state index in [0.717, 1.165) is 43.5 Å². The van der Waals surface area contributed by atoms with E-state index in [2.05, 4.69) is 25.7 Å². The van der Waals surface area contributed by atoms with Crippen LogP contribution in [0, 0.1) is 13.8 Å². The van der Waals surface area contributed by atoms with Crippen molar-refractivity contribution >= 4 is 29.9 Å². The average Bonchev–Trinajstić information content (AvgIpc) is 2.86. The van der Waals surface area contributed by atoms with Crippen LogP contribution in [0.1, 0.15) is 36.3 Å². The maximum absolute atomic E-state index is 5.18. The third-order valence-electron chi connectivity index (χ3n) is 4.24. The Bertz CT molecular complexity index is 463. The van der Waals surface area contributed by atoms with E-state index in [1.165, 1.54) is 37.9 Å². The normalized spacial score (nSPS) is 16.0. The van der Waals surface area contributed by atoms with Crippen molar-refractivity contribution in [1.82, 2.24) is 20.7 Å². The molecule has 6 nitrogen and oxygen atoms in total. The van der Waals surface area contributed by atoms with Crippen LogP contribution in [0.25, 0.3) is 0 Å². The molecule has 2 N–H and O–H groups in total. The Morgan fingerprint density at radius 1 is 1.17 bits per heavy atom. The lowest BCUT2D eigenvalue weighted by molar-refractivity contribution is 0.232. The summed E-state index contributed by atoms with van der Waals surface area (Å²) in [5.41, 5.74) is 2.17. The summed E-state index contributed by atoms with van der Waals surface area (Å²) in [6.45, 7) is 9.26. The molecule has 0 aromatic carbocycles. The molecule has 0 atom stereocenters. The number of guanidine groups is 1. The number of aryl methyl sites for hydroxylation is 2. The Balaban J connectivity index is 0.00000264. The van der Waals surface area contributed by atoms with Crippen molar-refractivity contribution in [3.63, 3.8) is 0 Å². The van der Waals surface area contributed by atoms with E-state index in [0.29, 0.717) is 0 Å². The third kappa shape index (κ3) is 6.66. The van der Waals surface area contributed by atoms with Crippen molar-refractivity contribution in [3.8, 4) is 0 Å². The van der Waals surface area contributed by atoms with E-state index in [4.69, 9.17) is 4.52 Å². The quantitative estimate of drug-likeness (QED) is 0.407. The van der Waals surface area contributed by atoms with Crippen LogP contribution in [-0.2, 0) is 6.42 Å². The first-order valence-electron chi connectivity index (χ1n) is 8.29. The monoisotopic (exact) mass is 435 g/mol. The maximum atomic E-state index is 5.18. The van der Waals surface area contributed by atoms with E-state index < -0.39 is 0 Å². The lowest BCUT2D eigenvalue weighted by atomic mass is 10.1. The van der Waals surface area contributed by atoms with Crippen LogP contribution >= 0.6 is 24.0 Å². The van der Waals surface area contributed by atoms with Crippen molar-refractivity contribution < 1.29 is 4.52 Å². The van der Waals surface area contributed by atoms with Crippen molar-refractivity contribution in [3.05, 3.63) is 17.0 Å². The summed E-state index contributed by atoms with van der Waals surface area (Å²) in [6.07, 6.45) is 4.96. The molecule has 0 amide bonds. The van der Waals surface area contributed by atoms with Gasteiger partial charge in [0.2, 0.25) is 0 Å². The van der Waals surface area contributed by atoms with Crippen molar-refractivity contribution in [1.29, 1.82) is 0 Å². The Kier molecular flexibility index (Phi) is 9.54. The first-order chi connectivity index (χ1) is 10.7. The lowest BCUT2D eigenvalue weighted by Gasteiger charge is -2.26. The van der Waals surface area contributed by atoms with Gasteiger partial charge in [-0.05, 0) is 46.2 Å². The summed E-state index contributed by atoms with van der Waals surface area (Å²) in [7, 11) is 1.81. The highest BCUT2D eigenvalue weighted by atomic mass is 127. The number of hydrogen-bond acceptors (Lipinski definition) is 4. The zero-order valence-corrected chi connectivity index (χ0v) is 16.9. The maximum Gasteiger partial charge on any atom is 0.191 e. The number of likely N-dealkylation sites (tertiary alicyclic amines) is 1.